The lowest BCUT2D eigenvalue weighted by Crippen LogP contribution is -2.24. The molecule has 23 heavy (non-hydrogen) atoms. The molecule has 3 aromatic rings. The minimum atomic E-state index is 0.0525. The first kappa shape index (κ1) is 15.9. The third-order valence-electron chi connectivity index (χ3n) is 4.13. The van der Waals surface area contributed by atoms with Crippen molar-refractivity contribution in [2.75, 3.05) is 0 Å². The maximum Gasteiger partial charge on any atom is 0.262 e. The molecule has 0 fully saturated rings. The molecule has 2 heterocycles. The summed E-state index contributed by atoms with van der Waals surface area (Å²) in [5.41, 5.74) is 2.61. The van der Waals surface area contributed by atoms with E-state index >= 15 is 0 Å². The van der Waals surface area contributed by atoms with Gasteiger partial charge in [-0.2, -0.15) is 0 Å². The van der Waals surface area contributed by atoms with Crippen LogP contribution in [0.3, 0.4) is 0 Å². The standard InChI is InChI=1S/C19H22N2OS/c1-12-10-16-17(23-12)20-13(2)21(18(16)22)11-14-6-8-15(9-7-14)19(3,4)5/h6-10H,11H2,1-5H3. The fraction of sp³-hybridized carbons (Fsp3) is 0.368. The Morgan fingerprint density at radius 1 is 1.13 bits per heavy atom. The minimum Gasteiger partial charge on any atom is -0.292 e. The molecular weight excluding hydrogens is 304 g/mol. The number of benzene rings is 1. The van der Waals surface area contributed by atoms with E-state index in [1.807, 2.05) is 19.9 Å². The number of aryl methyl sites for hydroxylation is 2. The van der Waals surface area contributed by atoms with Gasteiger partial charge in [-0.05, 0) is 36.5 Å². The molecule has 4 heteroatoms. The van der Waals surface area contributed by atoms with Crippen molar-refractivity contribution in [3.8, 4) is 0 Å². The van der Waals surface area contributed by atoms with Crippen LogP contribution in [0.4, 0.5) is 0 Å². The highest BCUT2D eigenvalue weighted by molar-refractivity contribution is 7.18. The van der Waals surface area contributed by atoms with E-state index in [0.29, 0.717) is 6.54 Å². The van der Waals surface area contributed by atoms with Gasteiger partial charge in [-0.25, -0.2) is 4.98 Å². The van der Waals surface area contributed by atoms with Gasteiger partial charge in [0.2, 0.25) is 0 Å². The Hall–Kier alpha value is -1.94. The van der Waals surface area contributed by atoms with E-state index in [-0.39, 0.29) is 11.0 Å². The van der Waals surface area contributed by atoms with Gasteiger partial charge in [-0.15, -0.1) is 11.3 Å². The molecule has 0 saturated heterocycles. The molecule has 120 valence electrons. The molecule has 0 radical (unpaired) electrons. The van der Waals surface area contributed by atoms with Crippen molar-refractivity contribution in [3.63, 3.8) is 0 Å². The molecule has 1 aromatic carbocycles. The molecule has 0 amide bonds. The summed E-state index contributed by atoms with van der Waals surface area (Å²) >= 11 is 1.58. The zero-order valence-electron chi connectivity index (χ0n) is 14.3. The van der Waals surface area contributed by atoms with Gasteiger partial charge in [0.15, 0.2) is 0 Å². The quantitative estimate of drug-likeness (QED) is 0.698. The van der Waals surface area contributed by atoms with Crippen molar-refractivity contribution in [3.05, 3.63) is 62.5 Å². The second kappa shape index (κ2) is 5.60. The molecule has 0 aliphatic carbocycles. The SMILES string of the molecule is Cc1cc2c(=O)n(Cc3ccc(C(C)(C)C)cc3)c(C)nc2s1. The van der Waals surface area contributed by atoms with Gasteiger partial charge >= 0.3 is 0 Å². The smallest absolute Gasteiger partial charge is 0.262 e. The first-order valence-corrected chi connectivity index (χ1v) is 8.64. The van der Waals surface area contributed by atoms with Crippen LogP contribution in [-0.2, 0) is 12.0 Å². The first-order valence-electron chi connectivity index (χ1n) is 7.83. The Morgan fingerprint density at radius 3 is 2.39 bits per heavy atom. The molecule has 0 spiro atoms. The highest BCUT2D eigenvalue weighted by Gasteiger charge is 2.14. The summed E-state index contributed by atoms with van der Waals surface area (Å²) in [5.74, 6) is 0.768. The number of hydrogen-bond acceptors (Lipinski definition) is 3. The lowest BCUT2D eigenvalue weighted by Gasteiger charge is -2.19. The summed E-state index contributed by atoms with van der Waals surface area (Å²) < 4.78 is 1.76. The second-order valence-electron chi connectivity index (χ2n) is 7.07. The number of thiophene rings is 1. The summed E-state index contributed by atoms with van der Waals surface area (Å²) in [4.78, 5) is 19.3. The molecule has 0 N–H and O–H groups in total. The van der Waals surface area contributed by atoms with Crippen molar-refractivity contribution in [2.24, 2.45) is 0 Å². The zero-order chi connectivity index (χ0) is 16.8. The number of nitrogens with zero attached hydrogens (tertiary/aromatic N) is 2. The van der Waals surface area contributed by atoms with Crippen LogP contribution in [0.2, 0.25) is 0 Å². The summed E-state index contributed by atoms with van der Waals surface area (Å²) in [6.45, 7) is 11.1. The van der Waals surface area contributed by atoms with Crippen molar-refractivity contribution < 1.29 is 0 Å². The normalized spacial score (nSPS) is 12.0. The summed E-state index contributed by atoms with van der Waals surface area (Å²) in [6.07, 6.45) is 0. The monoisotopic (exact) mass is 326 g/mol. The van der Waals surface area contributed by atoms with Crippen LogP contribution in [0.5, 0.6) is 0 Å². The van der Waals surface area contributed by atoms with Crippen molar-refractivity contribution in [1.29, 1.82) is 0 Å². The molecule has 0 unspecified atom stereocenters. The van der Waals surface area contributed by atoms with E-state index in [4.69, 9.17) is 0 Å². The molecule has 3 nitrogen and oxygen atoms in total. The number of hydrogen-bond donors (Lipinski definition) is 0. The van der Waals surface area contributed by atoms with E-state index in [0.717, 1.165) is 26.5 Å². The van der Waals surface area contributed by atoms with Gasteiger partial charge in [0.25, 0.3) is 5.56 Å². The summed E-state index contributed by atoms with van der Waals surface area (Å²) in [5, 5.41) is 0.726. The zero-order valence-corrected chi connectivity index (χ0v) is 15.1. The van der Waals surface area contributed by atoms with Gasteiger partial charge in [-0.3, -0.25) is 9.36 Å². The van der Waals surface area contributed by atoms with Crippen molar-refractivity contribution in [2.45, 2.75) is 46.6 Å². The Labute approximate surface area is 140 Å². The van der Waals surface area contributed by atoms with Gasteiger partial charge in [0.1, 0.15) is 10.7 Å². The molecule has 0 aliphatic rings. The number of aromatic nitrogens is 2. The largest absolute Gasteiger partial charge is 0.292 e. The third kappa shape index (κ3) is 3.08. The average molecular weight is 326 g/mol. The summed E-state index contributed by atoms with van der Waals surface area (Å²) in [7, 11) is 0. The van der Waals surface area contributed by atoms with E-state index in [2.05, 4.69) is 50.0 Å². The topological polar surface area (TPSA) is 34.9 Å². The highest BCUT2D eigenvalue weighted by atomic mass is 32.1. The first-order chi connectivity index (χ1) is 10.8. The fourth-order valence-corrected chi connectivity index (χ4v) is 3.63. The van der Waals surface area contributed by atoms with E-state index < -0.39 is 0 Å². The van der Waals surface area contributed by atoms with Gasteiger partial charge in [0, 0.05) is 4.88 Å². The summed E-state index contributed by atoms with van der Waals surface area (Å²) in [6, 6.07) is 10.5. The van der Waals surface area contributed by atoms with Crippen LogP contribution in [0.1, 0.15) is 42.6 Å². The van der Waals surface area contributed by atoms with E-state index in [1.165, 1.54) is 5.56 Å². The van der Waals surface area contributed by atoms with Crippen molar-refractivity contribution >= 4 is 21.6 Å². The average Bonchev–Trinajstić information content (AvgIpc) is 2.83. The van der Waals surface area contributed by atoms with E-state index in [9.17, 15) is 4.79 Å². The molecular formula is C19H22N2OS. The van der Waals surface area contributed by atoms with Crippen LogP contribution in [0.15, 0.2) is 35.1 Å². The predicted molar refractivity (Wildman–Crippen MR) is 97.6 cm³/mol. The van der Waals surface area contributed by atoms with Gasteiger partial charge in [0.05, 0.1) is 11.9 Å². The fourth-order valence-electron chi connectivity index (χ4n) is 2.72. The Bertz CT molecular complexity index is 911. The molecule has 0 aliphatic heterocycles. The van der Waals surface area contributed by atoms with Gasteiger partial charge in [-0.1, -0.05) is 45.0 Å². The predicted octanol–water partition coefficient (Wildman–Crippen LogP) is 4.42. The maximum atomic E-state index is 12.7. The second-order valence-corrected chi connectivity index (χ2v) is 8.31. The number of fused-ring (bicyclic) bond motifs is 1. The Morgan fingerprint density at radius 2 is 1.78 bits per heavy atom. The molecule has 0 saturated carbocycles. The van der Waals surface area contributed by atoms with Crippen LogP contribution in [0.25, 0.3) is 10.2 Å². The van der Waals surface area contributed by atoms with Crippen molar-refractivity contribution in [1.82, 2.24) is 9.55 Å². The van der Waals surface area contributed by atoms with Gasteiger partial charge < -0.3 is 0 Å². The van der Waals surface area contributed by atoms with Crippen LogP contribution in [0, 0.1) is 13.8 Å². The van der Waals surface area contributed by atoms with Crippen LogP contribution in [-0.4, -0.2) is 9.55 Å². The number of rotatable bonds is 2. The Kier molecular flexibility index (Phi) is 3.88. The Balaban J connectivity index is 2.00. The lowest BCUT2D eigenvalue weighted by atomic mass is 9.87. The molecule has 3 rings (SSSR count). The van der Waals surface area contributed by atoms with E-state index in [1.54, 1.807) is 15.9 Å². The van der Waals surface area contributed by atoms with Crippen LogP contribution < -0.4 is 5.56 Å². The molecule has 0 bridgehead atoms. The highest BCUT2D eigenvalue weighted by Crippen LogP contribution is 2.23. The minimum absolute atomic E-state index is 0.0525. The maximum absolute atomic E-state index is 12.7. The third-order valence-corrected chi connectivity index (χ3v) is 5.07. The lowest BCUT2D eigenvalue weighted by molar-refractivity contribution is 0.589. The molecule has 2 aromatic heterocycles. The van der Waals surface area contributed by atoms with Crippen LogP contribution >= 0.6 is 11.3 Å². The molecule has 0 atom stereocenters.